The van der Waals surface area contributed by atoms with Gasteiger partial charge in [-0.3, -0.25) is 4.79 Å². The van der Waals surface area contributed by atoms with Crippen LogP contribution >= 0.6 is 0 Å². The molecule has 1 aliphatic heterocycles. The van der Waals surface area contributed by atoms with Gasteiger partial charge in [-0.25, -0.2) is 9.37 Å². The Labute approximate surface area is 203 Å². The molecular formula is C26H27FN6O2. The third-order valence-corrected chi connectivity index (χ3v) is 5.98. The molecule has 1 aromatic heterocycles. The summed E-state index contributed by atoms with van der Waals surface area (Å²) in [7, 11) is 1.71. The number of nitriles is 1. The summed E-state index contributed by atoms with van der Waals surface area (Å²) in [5.41, 5.74) is 2.02. The fourth-order valence-corrected chi connectivity index (χ4v) is 3.98. The van der Waals surface area contributed by atoms with E-state index in [9.17, 15) is 9.18 Å². The molecular weight excluding hydrogens is 447 g/mol. The van der Waals surface area contributed by atoms with Gasteiger partial charge in [-0.15, -0.1) is 0 Å². The van der Waals surface area contributed by atoms with Gasteiger partial charge in [-0.1, -0.05) is 43.3 Å². The third kappa shape index (κ3) is 5.55. The fraction of sp³-hybridized carbons (Fsp3) is 0.308. The lowest BCUT2D eigenvalue weighted by Gasteiger charge is -2.39. The van der Waals surface area contributed by atoms with Crippen molar-refractivity contribution < 1.29 is 13.9 Å². The van der Waals surface area contributed by atoms with Crippen LogP contribution in [0.2, 0.25) is 0 Å². The summed E-state index contributed by atoms with van der Waals surface area (Å²) >= 11 is 0. The molecule has 9 heteroatoms. The number of rotatable bonds is 7. The lowest BCUT2D eigenvalue weighted by atomic mass is 10.1. The predicted octanol–water partition coefficient (Wildman–Crippen LogP) is 3.50. The molecule has 2 heterocycles. The van der Waals surface area contributed by atoms with Crippen molar-refractivity contribution >= 4 is 17.7 Å². The lowest BCUT2D eigenvalue weighted by molar-refractivity contribution is -0.134. The number of morpholine rings is 1. The molecule has 1 fully saturated rings. The topological polar surface area (TPSA) is 103 Å². The van der Waals surface area contributed by atoms with Gasteiger partial charge in [0.25, 0.3) is 5.91 Å². The number of nitrogens with one attached hydrogen (secondary N) is 2. The molecule has 0 aliphatic carbocycles. The average Bonchev–Trinajstić information content (AvgIpc) is 2.91. The highest BCUT2D eigenvalue weighted by Crippen LogP contribution is 2.28. The number of halogens is 1. The molecule has 3 aromatic rings. The Hall–Kier alpha value is -4.03. The van der Waals surface area contributed by atoms with Crippen LogP contribution in [-0.4, -0.2) is 48.2 Å². The van der Waals surface area contributed by atoms with Gasteiger partial charge in [-0.05, 0) is 24.1 Å². The van der Waals surface area contributed by atoms with E-state index in [4.69, 9.17) is 10.00 Å². The normalized spacial score (nSPS) is 17.5. The van der Waals surface area contributed by atoms with Crippen molar-refractivity contribution in [3.8, 4) is 17.3 Å². The fourth-order valence-electron chi connectivity index (χ4n) is 3.98. The number of hydrogen-bond donors (Lipinski definition) is 2. The minimum absolute atomic E-state index is 0.0123. The largest absolute Gasteiger partial charge is 0.364 e. The van der Waals surface area contributed by atoms with E-state index in [0.717, 1.165) is 12.0 Å². The van der Waals surface area contributed by atoms with Crippen LogP contribution in [0.15, 0.2) is 54.6 Å². The molecule has 2 atom stereocenters. The maximum absolute atomic E-state index is 14.3. The summed E-state index contributed by atoms with van der Waals surface area (Å²) in [6.45, 7) is 3.16. The molecule has 1 amide bonds. The second kappa shape index (κ2) is 10.9. The van der Waals surface area contributed by atoms with Gasteiger partial charge in [0.1, 0.15) is 17.7 Å². The van der Waals surface area contributed by atoms with E-state index < -0.39 is 11.9 Å². The van der Waals surface area contributed by atoms with E-state index >= 15 is 0 Å². The molecule has 0 radical (unpaired) electrons. The quantitative estimate of drug-likeness (QED) is 0.540. The molecule has 8 nitrogen and oxygen atoms in total. The SMILES string of the molecule is CC[C@@H]1CO[C@H](C(=O)NCc2ccccc2)CN1c1cc(-c2ccc(C#N)c(F)c2)nc(NC)n1. The first-order valence-electron chi connectivity index (χ1n) is 11.5. The monoisotopic (exact) mass is 474 g/mol. The van der Waals surface area contributed by atoms with Gasteiger partial charge in [-0.2, -0.15) is 10.2 Å². The number of anilines is 2. The van der Waals surface area contributed by atoms with Gasteiger partial charge in [0.05, 0.1) is 30.5 Å². The van der Waals surface area contributed by atoms with Gasteiger partial charge in [0.2, 0.25) is 5.95 Å². The molecule has 4 rings (SSSR count). The van der Waals surface area contributed by atoms with Crippen molar-refractivity contribution in [2.75, 3.05) is 30.4 Å². The number of hydrogen-bond acceptors (Lipinski definition) is 7. The van der Waals surface area contributed by atoms with Crippen LogP contribution in [0.5, 0.6) is 0 Å². The number of carbonyl (C=O) groups is 1. The molecule has 1 saturated heterocycles. The number of amides is 1. The molecule has 2 N–H and O–H groups in total. The van der Waals surface area contributed by atoms with Gasteiger partial charge in [0, 0.05) is 25.2 Å². The minimum atomic E-state index is -0.662. The Balaban J connectivity index is 1.58. The maximum atomic E-state index is 14.3. The molecule has 0 unspecified atom stereocenters. The van der Waals surface area contributed by atoms with Crippen LogP contribution in [0.4, 0.5) is 16.2 Å². The average molecular weight is 475 g/mol. The molecule has 0 bridgehead atoms. The number of carbonyl (C=O) groups excluding carboxylic acids is 1. The predicted molar refractivity (Wildman–Crippen MR) is 131 cm³/mol. The second-order valence-corrected chi connectivity index (χ2v) is 8.23. The van der Waals surface area contributed by atoms with E-state index in [2.05, 4.69) is 20.6 Å². The zero-order valence-electron chi connectivity index (χ0n) is 19.7. The van der Waals surface area contributed by atoms with Gasteiger partial charge in [0.15, 0.2) is 6.10 Å². The minimum Gasteiger partial charge on any atom is -0.364 e. The molecule has 180 valence electrons. The van der Waals surface area contributed by atoms with Crippen LogP contribution in [-0.2, 0) is 16.1 Å². The Kier molecular flexibility index (Phi) is 7.53. The Morgan fingerprint density at radius 1 is 1.23 bits per heavy atom. The third-order valence-electron chi connectivity index (χ3n) is 5.98. The number of ether oxygens (including phenoxy) is 1. The molecule has 0 saturated carbocycles. The summed E-state index contributed by atoms with van der Waals surface area (Å²) in [6.07, 6.45) is 0.128. The first-order valence-corrected chi connectivity index (χ1v) is 11.5. The van der Waals surface area contributed by atoms with Crippen LogP contribution in [0.3, 0.4) is 0 Å². The van der Waals surface area contributed by atoms with E-state index in [1.807, 2.05) is 48.2 Å². The highest BCUT2D eigenvalue weighted by Gasteiger charge is 2.33. The molecule has 0 spiro atoms. The van der Waals surface area contributed by atoms with E-state index in [1.165, 1.54) is 12.1 Å². The highest BCUT2D eigenvalue weighted by molar-refractivity contribution is 5.82. The Morgan fingerprint density at radius 2 is 2.03 bits per heavy atom. The molecule has 2 aromatic carbocycles. The number of benzene rings is 2. The summed E-state index contributed by atoms with van der Waals surface area (Å²) in [5.74, 6) is 0.184. The van der Waals surface area contributed by atoms with E-state index in [-0.39, 0.29) is 17.5 Å². The number of nitrogens with zero attached hydrogens (tertiary/aromatic N) is 4. The van der Waals surface area contributed by atoms with E-state index in [1.54, 1.807) is 19.2 Å². The molecule has 1 aliphatic rings. The van der Waals surface area contributed by atoms with Crippen molar-refractivity contribution in [2.24, 2.45) is 0 Å². The lowest BCUT2D eigenvalue weighted by Crippen LogP contribution is -2.54. The summed E-state index contributed by atoms with van der Waals surface area (Å²) in [4.78, 5) is 24.0. The Morgan fingerprint density at radius 3 is 2.71 bits per heavy atom. The highest BCUT2D eigenvalue weighted by atomic mass is 19.1. The summed E-state index contributed by atoms with van der Waals surface area (Å²) in [5, 5.41) is 14.9. The number of aromatic nitrogens is 2. The van der Waals surface area contributed by atoms with Crippen LogP contribution in [0.1, 0.15) is 24.5 Å². The van der Waals surface area contributed by atoms with Crippen LogP contribution < -0.4 is 15.5 Å². The Bertz CT molecular complexity index is 1230. The van der Waals surface area contributed by atoms with Crippen molar-refractivity contribution in [1.82, 2.24) is 15.3 Å². The summed E-state index contributed by atoms with van der Waals surface area (Å²) in [6, 6.07) is 17.7. The van der Waals surface area contributed by atoms with Crippen molar-refractivity contribution in [3.05, 3.63) is 71.5 Å². The standard InChI is InChI=1S/C26H27FN6O2/c1-3-20-16-35-23(25(34)30-14-17-7-5-4-6-8-17)15-33(20)24-12-22(31-26(29-2)32-24)18-9-10-19(13-28)21(27)11-18/h4-12,20,23H,3,14-16H2,1-2H3,(H,30,34)(H,29,31,32)/t20-,23+/m1/s1. The van der Waals surface area contributed by atoms with Crippen molar-refractivity contribution in [3.63, 3.8) is 0 Å². The van der Waals surface area contributed by atoms with Gasteiger partial charge < -0.3 is 20.3 Å². The zero-order valence-corrected chi connectivity index (χ0v) is 19.7. The first-order chi connectivity index (χ1) is 17.0. The first kappa shape index (κ1) is 24.1. The summed E-state index contributed by atoms with van der Waals surface area (Å²) < 4.78 is 20.2. The zero-order chi connectivity index (χ0) is 24.8. The van der Waals surface area contributed by atoms with Crippen LogP contribution in [0, 0.1) is 17.1 Å². The smallest absolute Gasteiger partial charge is 0.251 e. The van der Waals surface area contributed by atoms with Gasteiger partial charge >= 0.3 is 0 Å². The maximum Gasteiger partial charge on any atom is 0.251 e. The molecule has 35 heavy (non-hydrogen) atoms. The van der Waals surface area contributed by atoms with Crippen molar-refractivity contribution in [2.45, 2.75) is 32.0 Å². The van der Waals surface area contributed by atoms with Crippen LogP contribution in [0.25, 0.3) is 11.3 Å². The van der Waals surface area contributed by atoms with E-state index in [0.29, 0.717) is 42.7 Å². The van der Waals surface area contributed by atoms with Crippen molar-refractivity contribution in [1.29, 1.82) is 5.26 Å². The second-order valence-electron chi connectivity index (χ2n) is 8.23.